The maximum Gasteiger partial charge on any atom is 0.418 e. The molecule has 26 heavy (non-hydrogen) atoms. The molecule has 0 N–H and O–H groups in total. The maximum absolute atomic E-state index is 12.3. The number of carbonyl (C=O) groups is 1. The molecule has 0 bridgehead atoms. The van der Waals surface area contributed by atoms with Crippen molar-refractivity contribution in [2.45, 2.75) is 32.8 Å². The molecule has 0 amide bonds. The molecule has 0 saturated heterocycles. The molecule has 2 aromatic carbocycles. The van der Waals surface area contributed by atoms with E-state index >= 15 is 0 Å². The van der Waals surface area contributed by atoms with Crippen molar-refractivity contribution in [1.29, 1.82) is 0 Å². The molecule has 6 heteroatoms. The summed E-state index contributed by atoms with van der Waals surface area (Å²) in [6.45, 7) is 5.50. The van der Waals surface area contributed by atoms with Gasteiger partial charge in [-0.05, 0) is 56.5 Å². The summed E-state index contributed by atoms with van der Waals surface area (Å²) >= 11 is 0. The van der Waals surface area contributed by atoms with Gasteiger partial charge in [0.25, 0.3) is 5.69 Å². The number of nitrogens with zero attached hydrogens (tertiary/aromatic N) is 2. The Kier molecular flexibility index (Phi) is 4.50. The number of fused-ring (bicyclic) bond motifs is 1. The Morgan fingerprint density at radius 3 is 2.35 bits per heavy atom. The average molecular weight is 352 g/mol. The molecule has 3 rings (SSSR count). The Labute approximate surface area is 151 Å². The van der Waals surface area contributed by atoms with E-state index in [1.54, 1.807) is 18.3 Å². The number of nitro groups is 1. The fourth-order valence-corrected chi connectivity index (χ4v) is 2.74. The predicted molar refractivity (Wildman–Crippen MR) is 99.5 cm³/mol. The van der Waals surface area contributed by atoms with Crippen molar-refractivity contribution >= 4 is 22.7 Å². The zero-order valence-electron chi connectivity index (χ0n) is 14.9. The first-order chi connectivity index (χ1) is 12.2. The predicted octanol–water partition coefficient (Wildman–Crippen LogP) is 4.92. The van der Waals surface area contributed by atoms with Crippen molar-refractivity contribution in [3.63, 3.8) is 0 Å². The van der Waals surface area contributed by atoms with Gasteiger partial charge in [0.15, 0.2) is 0 Å². The molecular weight excluding hydrogens is 332 g/mol. The normalized spacial score (nSPS) is 11.5. The summed E-state index contributed by atoms with van der Waals surface area (Å²) in [7, 11) is 0. The number of benzene rings is 2. The van der Waals surface area contributed by atoms with Gasteiger partial charge >= 0.3 is 6.09 Å². The summed E-state index contributed by atoms with van der Waals surface area (Å²) in [5, 5.41) is 11.7. The molecule has 0 spiro atoms. The highest BCUT2D eigenvalue weighted by Gasteiger charge is 2.19. The lowest BCUT2D eigenvalue weighted by molar-refractivity contribution is -0.384. The van der Waals surface area contributed by atoms with E-state index in [1.165, 1.54) is 16.7 Å². The molecule has 134 valence electrons. The van der Waals surface area contributed by atoms with Crippen LogP contribution < -0.4 is 0 Å². The van der Waals surface area contributed by atoms with Crippen LogP contribution in [0.5, 0.6) is 0 Å². The molecular formula is C20H20N2O4. The minimum atomic E-state index is -0.552. The lowest BCUT2D eigenvalue weighted by atomic mass is 10.0. The molecule has 0 radical (unpaired) electrons. The largest absolute Gasteiger partial charge is 0.443 e. The minimum Gasteiger partial charge on any atom is -0.443 e. The van der Waals surface area contributed by atoms with Gasteiger partial charge in [0.1, 0.15) is 5.60 Å². The molecule has 0 saturated carbocycles. The van der Waals surface area contributed by atoms with Crippen molar-refractivity contribution in [1.82, 2.24) is 4.57 Å². The van der Waals surface area contributed by atoms with Crippen LogP contribution in [0.25, 0.3) is 10.9 Å². The Balaban J connectivity index is 1.82. The smallest absolute Gasteiger partial charge is 0.418 e. The number of aromatic nitrogens is 1. The summed E-state index contributed by atoms with van der Waals surface area (Å²) in [4.78, 5) is 22.6. The second kappa shape index (κ2) is 6.63. The van der Waals surface area contributed by atoms with E-state index in [4.69, 9.17) is 4.74 Å². The van der Waals surface area contributed by atoms with Crippen LogP contribution in [0.1, 0.15) is 31.9 Å². The minimum absolute atomic E-state index is 0.0821. The van der Waals surface area contributed by atoms with Crippen LogP contribution in [0, 0.1) is 10.1 Å². The first-order valence-electron chi connectivity index (χ1n) is 8.30. The molecule has 1 heterocycles. The van der Waals surface area contributed by atoms with Gasteiger partial charge in [0, 0.05) is 23.7 Å². The quantitative estimate of drug-likeness (QED) is 0.495. The van der Waals surface area contributed by atoms with Gasteiger partial charge in [0.2, 0.25) is 0 Å². The summed E-state index contributed by atoms with van der Waals surface area (Å²) < 4.78 is 6.91. The number of nitro benzene ring substituents is 1. The summed E-state index contributed by atoms with van der Waals surface area (Å²) in [6.07, 6.45) is 1.95. The van der Waals surface area contributed by atoms with Crippen LogP contribution in [-0.4, -0.2) is 21.2 Å². The van der Waals surface area contributed by atoms with E-state index in [1.807, 2.05) is 45.0 Å². The molecule has 0 aliphatic heterocycles. The molecule has 0 atom stereocenters. The highest BCUT2D eigenvalue weighted by molar-refractivity contribution is 5.90. The van der Waals surface area contributed by atoms with Gasteiger partial charge < -0.3 is 4.74 Å². The second-order valence-corrected chi connectivity index (χ2v) is 7.16. The lowest BCUT2D eigenvalue weighted by Gasteiger charge is -2.19. The van der Waals surface area contributed by atoms with Crippen LogP contribution in [-0.2, 0) is 11.2 Å². The summed E-state index contributed by atoms with van der Waals surface area (Å²) in [5.41, 5.74) is 2.36. The summed E-state index contributed by atoms with van der Waals surface area (Å²) in [6, 6.07) is 14.3. The number of hydrogen-bond acceptors (Lipinski definition) is 4. The molecule has 0 fully saturated rings. The van der Waals surface area contributed by atoms with Gasteiger partial charge in [0.05, 0.1) is 10.4 Å². The molecule has 0 unspecified atom stereocenters. The number of hydrogen-bond donors (Lipinski definition) is 0. The molecule has 0 aliphatic carbocycles. The van der Waals surface area contributed by atoms with Gasteiger partial charge in [-0.2, -0.15) is 0 Å². The molecule has 6 nitrogen and oxygen atoms in total. The second-order valence-electron chi connectivity index (χ2n) is 7.16. The van der Waals surface area contributed by atoms with Crippen LogP contribution in [0.2, 0.25) is 0 Å². The van der Waals surface area contributed by atoms with Crippen LogP contribution >= 0.6 is 0 Å². The maximum atomic E-state index is 12.3. The highest BCUT2D eigenvalue weighted by atomic mass is 16.6. The van der Waals surface area contributed by atoms with Crippen LogP contribution in [0.15, 0.2) is 54.7 Å². The third-order valence-corrected chi connectivity index (χ3v) is 3.90. The van der Waals surface area contributed by atoms with E-state index in [0.29, 0.717) is 6.42 Å². The van der Waals surface area contributed by atoms with Crippen LogP contribution in [0.3, 0.4) is 0 Å². The lowest BCUT2D eigenvalue weighted by Crippen LogP contribution is -2.26. The topological polar surface area (TPSA) is 74.4 Å². The van der Waals surface area contributed by atoms with Gasteiger partial charge in [-0.25, -0.2) is 4.79 Å². The first kappa shape index (κ1) is 17.7. The summed E-state index contributed by atoms with van der Waals surface area (Å²) in [5.74, 6) is 0. The Morgan fingerprint density at radius 1 is 1.08 bits per heavy atom. The standard InChI is InChI=1S/C20H20N2O4/c1-20(2,3)26-19(23)21-11-10-16-13-15(6-9-18(16)21)12-14-4-7-17(8-5-14)22(24)25/h4-11,13H,12H2,1-3H3. The third kappa shape index (κ3) is 3.91. The average Bonchev–Trinajstić information content (AvgIpc) is 2.97. The van der Waals surface area contributed by atoms with Gasteiger partial charge in [-0.1, -0.05) is 18.2 Å². The molecule has 0 aliphatic rings. The van der Waals surface area contributed by atoms with Gasteiger partial charge in [-0.15, -0.1) is 0 Å². The van der Waals surface area contributed by atoms with Crippen molar-refractivity contribution in [2.24, 2.45) is 0 Å². The fourth-order valence-electron chi connectivity index (χ4n) is 2.74. The Hall–Kier alpha value is -3.15. The van der Waals surface area contributed by atoms with Crippen molar-refractivity contribution in [3.05, 3.63) is 76.0 Å². The Morgan fingerprint density at radius 2 is 1.73 bits per heavy atom. The van der Waals surface area contributed by atoms with E-state index < -0.39 is 16.6 Å². The SMILES string of the molecule is CC(C)(C)OC(=O)n1ccc2cc(Cc3ccc([N+](=O)[O-])cc3)ccc21. The number of rotatable bonds is 3. The van der Waals surface area contributed by atoms with Crippen molar-refractivity contribution < 1.29 is 14.5 Å². The number of ether oxygens (including phenoxy) is 1. The van der Waals surface area contributed by atoms with E-state index in [-0.39, 0.29) is 5.69 Å². The van der Waals surface area contributed by atoms with Crippen molar-refractivity contribution in [3.8, 4) is 0 Å². The van der Waals surface area contributed by atoms with Crippen molar-refractivity contribution in [2.75, 3.05) is 0 Å². The molecule has 1 aromatic heterocycles. The van der Waals surface area contributed by atoms with E-state index in [9.17, 15) is 14.9 Å². The monoisotopic (exact) mass is 352 g/mol. The molecule has 3 aromatic rings. The van der Waals surface area contributed by atoms with E-state index in [0.717, 1.165) is 22.0 Å². The first-order valence-corrected chi connectivity index (χ1v) is 8.30. The van der Waals surface area contributed by atoms with E-state index in [2.05, 4.69) is 0 Å². The highest BCUT2D eigenvalue weighted by Crippen LogP contribution is 2.22. The fraction of sp³-hybridized carbons (Fsp3) is 0.250. The Bertz CT molecular complexity index is 966. The third-order valence-electron chi connectivity index (χ3n) is 3.90. The number of carbonyl (C=O) groups excluding carboxylic acids is 1. The van der Waals surface area contributed by atoms with Gasteiger partial charge in [-0.3, -0.25) is 14.7 Å². The zero-order valence-corrected chi connectivity index (χ0v) is 14.9. The zero-order chi connectivity index (χ0) is 18.9. The van der Waals surface area contributed by atoms with Crippen LogP contribution in [0.4, 0.5) is 10.5 Å². The number of non-ortho nitro benzene ring substituents is 1.